The third-order valence-corrected chi connectivity index (χ3v) is 2.63. The summed E-state index contributed by atoms with van der Waals surface area (Å²) in [4.78, 5) is 15.8. The van der Waals surface area contributed by atoms with Crippen molar-refractivity contribution < 1.29 is 9.53 Å². The van der Waals surface area contributed by atoms with Gasteiger partial charge in [0, 0.05) is 11.9 Å². The number of urea groups is 1. The summed E-state index contributed by atoms with van der Waals surface area (Å²) >= 11 is 5.75. The fourth-order valence-electron chi connectivity index (χ4n) is 1.62. The molecule has 0 saturated heterocycles. The molecule has 0 spiro atoms. The topological polar surface area (TPSA) is 63.2 Å². The number of nitrogens with one attached hydrogen (secondary N) is 2. The summed E-state index contributed by atoms with van der Waals surface area (Å²) in [5.74, 6) is 0.623. The lowest BCUT2D eigenvalue weighted by Crippen LogP contribution is -2.19. The monoisotopic (exact) mass is 291 g/mol. The number of halogens is 1. The highest BCUT2D eigenvalue weighted by molar-refractivity contribution is 6.29. The van der Waals surface area contributed by atoms with Crippen molar-refractivity contribution in [1.82, 2.24) is 4.98 Å². The lowest BCUT2D eigenvalue weighted by molar-refractivity contribution is 0.262. The van der Waals surface area contributed by atoms with Crippen LogP contribution in [0.3, 0.4) is 0 Å². The molecular formula is C14H14ClN3O2. The maximum Gasteiger partial charge on any atom is 0.323 e. The van der Waals surface area contributed by atoms with Crippen LogP contribution in [-0.4, -0.2) is 17.6 Å². The van der Waals surface area contributed by atoms with Crippen LogP contribution in [0.4, 0.5) is 16.2 Å². The van der Waals surface area contributed by atoms with Gasteiger partial charge >= 0.3 is 6.03 Å². The van der Waals surface area contributed by atoms with Gasteiger partial charge in [0.2, 0.25) is 0 Å². The minimum Gasteiger partial charge on any atom is -0.492 e. The van der Waals surface area contributed by atoms with Gasteiger partial charge in [-0.1, -0.05) is 23.7 Å². The van der Waals surface area contributed by atoms with Crippen molar-refractivity contribution in [2.24, 2.45) is 0 Å². The van der Waals surface area contributed by atoms with Gasteiger partial charge < -0.3 is 15.4 Å². The van der Waals surface area contributed by atoms with E-state index in [2.05, 4.69) is 15.6 Å². The molecule has 1 aromatic heterocycles. The van der Waals surface area contributed by atoms with Gasteiger partial charge in [-0.15, -0.1) is 0 Å². The number of hydrogen-bond acceptors (Lipinski definition) is 3. The molecule has 0 atom stereocenters. The number of ether oxygens (including phenoxy) is 1. The summed E-state index contributed by atoms with van der Waals surface area (Å²) < 4.78 is 5.43. The summed E-state index contributed by atoms with van der Waals surface area (Å²) in [6, 6.07) is 10.1. The molecule has 1 heterocycles. The first-order chi connectivity index (χ1) is 9.69. The van der Waals surface area contributed by atoms with Gasteiger partial charge in [-0.25, -0.2) is 9.78 Å². The standard InChI is InChI=1S/C14H14ClN3O2/c1-2-20-12-6-4-3-5-11(12)18-14(19)17-10-7-8-16-13(15)9-10/h3-9H,2H2,1H3,(H2,16,17,18,19). The first-order valence-corrected chi connectivity index (χ1v) is 6.48. The molecule has 0 radical (unpaired) electrons. The highest BCUT2D eigenvalue weighted by Crippen LogP contribution is 2.23. The van der Waals surface area contributed by atoms with E-state index in [0.717, 1.165) is 0 Å². The van der Waals surface area contributed by atoms with Gasteiger partial charge in [0.25, 0.3) is 0 Å². The number of benzene rings is 1. The average Bonchev–Trinajstić information content (AvgIpc) is 2.41. The zero-order valence-corrected chi connectivity index (χ0v) is 11.6. The molecule has 20 heavy (non-hydrogen) atoms. The number of carbonyl (C=O) groups is 1. The van der Waals surface area contributed by atoms with E-state index in [9.17, 15) is 4.79 Å². The Labute approximate surface area is 121 Å². The van der Waals surface area contributed by atoms with E-state index in [1.807, 2.05) is 19.1 Å². The minimum absolute atomic E-state index is 0.317. The first kappa shape index (κ1) is 14.1. The summed E-state index contributed by atoms with van der Waals surface area (Å²) in [7, 11) is 0. The normalized spacial score (nSPS) is 9.90. The lowest BCUT2D eigenvalue weighted by Gasteiger charge is -2.12. The third kappa shape index (κ3) is 3.86. The van der Waals surface area contributed by atoms with Gasteiger partial charge in [-0.2, -0.15) is 0 Å². The van der Waals surface area contributed by atoms with E-state index in [1.54, 1.807) is 24.3 Å². The Bertz CT molecular complexity index is 604. The van der Waals surface area contributed by atoms with Crippen molar-refractivity contribution >= 4 is 29.0 Å². The number of nitrogens with zero attached hydrogens (tertiary/aromatic N) is 1. The molecule has 2 N–H and O–H groups in total. The highest BCUT2D eigenvalue weighted by Gasteiger charge is 2.07. The Kier molecular flexibility index (Phi) is 4.79. The first-order valence-electron chi connectivity index (χ1n) is 6.10. The van der Waals surface area contributed by atoms with Crippen LogP contribution in [0, 0.1) is 0 Å². The highest BCUT2D eigenvalue weighted by atomic mass is 35.5. The zero-order chi connectivity index (χ0) is 14.4. The van der Waals surface area contributed by atoms with E-state index in [4.69, 9.17) is 16.3 Å². The SMILES string of the molecule is CCOc1ccccc1NC(=O)Nc1ccnc(Cl)c1. The van der Waals surface area contributed by atoms with Gasteiger partial charge in [-0.05, 0) is 31.2 Å². The predicted octanol–water partition coefficient (Wildman–Crippen LogP) is 3.78. The van der Waals surface area contributed by atoms with Crippen LogP contribution in [0.15, 0.2) is 42.6 Å². The Morgan fingerprint density at radius 1 is 1.30 bits per heavy atom. The van der Waals surface area contributed by atoms with Crippen LogP contribution in [0.2, 0.25) is 5.15 Å². The summed E-state index contributed by atoms with van der Waals surface area (Å²) in [5, 5.41) is 5.71. The van der Waals surface area contributed by atoms with Crippen molar-refractivity contribution in [2.75, 3.05) is 17.2 Å². The fraction of sp³-hybridized carbons (Fsp3) is 0.143. The molecule has 2 amide bonds. The van der Waals surface area contributed by atoms with Crippen molar-refractivity contribution in [3.63, 3.8) is 0 Å². The minimum atomic E-state index is -0.376. The van der Waals surface area contributed by atoms with Crippen molar-refractivity contribution in [1.29, 1.82) is 0 Å². The number of amides is 2. The van der Waals surface area contributed by atoms with Gasteiger partial charge in [0.15, 0.2) is 0 Å². The maximum atomic E-state index is 11.9. The molecular weight excluding hydrogens is 278 g/mol. The van der Waals surface area contributed by atoms with E-state index in [1.165, 1.54) is 6.20 Å². The van der Waals surface area contributed by atoms with Crippen LogP contribution in [0.25, 0.3) is 0 Å². The van der Waals surface area contributed by atoms with Gasteiger partial charge in [0.05, 0.1) is 12.3 Å². The van der Waals surface area contributed by atoms with Crippen molar-refractivity contribution in [3.8, 4) is 5.75 Å². The van der Waals surface area contributed by atoms with Crippen LogP contribution in [0.1, 0.15) is 6.92 Å². The van der Waals surface area contributed by atoms with Crippen LogP contribution in [-0.2, 0) is 0 Å². The van der Waals surface area contributed by atoms with Crippen LogP contribution >= 0.6 is 11.6 Å². The molecule has 0 saturated carbocycles. The third-order valence-electron chi connectivity index (χ3n) is 2.42. The summed E-state index contributed by atoms with van der Waals surface area (Å²) in [5.41, 5.74) is 1.17. The molecule has 104 valence electrons. The number of carbonyl (C=O) groups excluding carboxylic acids is 1. The van der Waals surface area contributed by atoms with Crippen molar-refractivity contribution in [2.45, 2.75) is 6.92 Å². The number of rotatable bonds is 4. The molecule has 2 rings (SSSR count). The molecule has 0 fully saturated rings. The van der Waals surface area contributed by atoms with Gasteiger partial charge in [-0.3, -0.25) is 0 Å². The molecule has 0 unspecified atom stereocenters. The number of aromatic nitrogens is 1. The second-order valence-corrected chi connectivity index (χ2v) is 4.26. The number of anilines is 2. The smallest absolute Gasteiger partial charge is 0.323 e. The Balaban J connectivity index is 2.05. The van der Waals surface area contributed by atoms with Crippen molar-refractivity contribution in [3.05, 3.63) is 47.7 Å². The van der Waals surface area contributed by atoms with Gasteiger partial charge in [0.1, 0.15) is 10.9 Å². The quantitative estimate of drug-likeness (QED) is 0.843. The molecule has 1 aromatic carbocycles. The van der Waals surface area contributed by atoms with E-state index < -0.39 is 0 Å². The number of pyridine rings is 1. The molecule has 0 aliphatic rings. The second kappa shape index (κ2) is 6.77. The zero-order valence-electron chi connectivity index (χ0n) is 10.9. The Morgan fingerprint density at radius 2 is 2.10 bits per heavy atom. The van der Waals surface area contributed by atoms with E-state index >= 15 is 0 Å². The lowest BCUT2D eigenvalue weighted by atomic mass is 10.3. The van der Waals surface area contributed by atoms with E-state index in [-0.39, 0.29) is 6.03 Å². The van der Waals surface area contributed by atoms with Crippen LogP contribution < -0.4 is 15.4 Å². The predicted molar refractivity (Wildman–Crippen MR) is 79.5 cm³/mol. The largest absolute Gasteiger partial charge is 0.492 e. The molecule has 0 aliphatic heterocycles. The molecule has 6 heteroatoms. The molecule has 0 aliphatic carbocycles. The summed E-state index contributed by atoms with van der Waals surface area (Å²) in [6.07, 6.45) is 1.52. The average molecular weight is 292 g/mol. The van der Waals surface area contributed by atoms with E-state index in [0.29, 0.717) is 28.9 Å². The van der Waals surface area contributed by atoms with Crippen LogP contribution in [0.5, 0.6) is 5.75 Å². The Morgan fingerprint density at radius 3 is 2.85 bits per heavy atom. The number of para-hydroxylation sites is 2. The maximum absolute atomic E-state index is 11.9. The summed E-state index contributed by atoms with van der Waals surface area (Å²) in [6.45, 7) is 2.41. The molecule has 5 nitrogen and oxygen atoms in total. The second-order valence-electron chi connectivity index (χ2n) is 3.88. The Hall–Kier alpha value is -2.27. The molecule has 0 bridgehead atoms. The molecule has 2 aromatic rings. The fourth-order valence-corrected chi connectivity index (χ4v) is 1.79. The number of hydrogen-bond donors (Lipinski definition) is 2.